The minimum atomic E-state index is -4.65. The van der Waals surface area contributed by atoms with Crippen molar-refractivity contribution in [3.05, 3.63) is 29.3 Å². The average molecular weight is 357 g/mol. The van der Waals surface area contributed by atoms with Crippen LogP contribution in [-0.2, 0) is 10.9 Å². The van der Waals surface area contributed by atoms with Crippen molar-refractivity contribution in [2.75, 3.05) is 0 Å². The lowest BCUT2D eigenvalue weighted by Gasteiger charge is -2.28. The van der Waals surface area contributed by atoms with Gasteiger partial charge in [-0.15, -0.1) is 0 Å². The molecule has 4 unspecified atom stereocenters. The van der Waals surface area contributed by atoms with Crippen LogP contribution in [0, 0.1) is 11.8 Å². The molecular formula is C18H20F3O4-. The Bertz CT molecular complexity index is 644. The van der Waals surface area contributed by atoms with E-state index in [4.69, 9.17) is 9.47 Å². The Morgan fingerprint density at radius 2 is 2.08 bits per heavy atom. The second kappa shape index (κ2) is 6.86. The van der Waals surface area contributed by atoms with E-state index in [1.54, 1.807) is 6.92 Å². The minimum absolute atomic E-state index is 0.00219. The Morgan fingerprint density at radius 1 is 1.32 bits per heavy atom. The van der Waals surface area contributed by atoms with Gasteiger partial charge >= 0.3 is 6.18 Å². The number of alkyl halides is 3. The van der Waals surface area contributed by atoms with E-state index in [9.17, 15) is 23.1 Å². The van der Waals surface area contributed by atoms with Crippen molar-refractivity contribution >= 4 is 5.97 Å². The lowest BCUT2D eigenvalue weighted by atomic mass is 9.98. The number of carbonyl (C=O) groups is 1. The van der Waals surface area contributed by atoms with Crippen molar-refractivity contribution < 1.29 is 32.5 Å². The molecule has 0 N–H and O–H groups in total. The quantitative estimate of drug-likeness (QED) is 0.733. The smallest absolute Gasteiger partial charge is 0.419 e. The molecule has 3 rings (SSSR count). The molecule has 2 bridgehead atoms. The van der Waals surface area contributed by atoms with E-state index in [1.165, 1.54) is 6.42 Å². The lowest BCUT2D eigenvalue weighted by molar-refractivity contribution is -0.255. The van der Waals surface area contributed by atoms with Crippen LogP contribution in [0.15, 0.2) is 18.2 Å². The summed E-state index contributed by atoms with van der Waals surface area (Å²) < 4.78 is 50.9. The Balaban J connectivity index is 1.78. The van der Waals surface area contributed by atoms with Crippen LogP contribution in [0.1, 0.15) is 54.9 Å². The van der Waals surface area contributed by atoms with Crippen molar-refractivity contribution in [2.45, 2.75) is 57.6 Å². The predicted octanol–water partition coefficient (Wildman–Crippen LogP) is 3.39. The maximum atomic E-state index is 13.2. The summed E-state index contributed by atoms with van der Waals surface area (Å²) >= 11 is 0. The van der Waals surface area contributed by atoms with Gasteiger partial charge in [-0.3, -0.25) is 0 Å². The molecule has 7 heteroatoms. The molecule has 4 atom stereocenters. The number of carboxylic acids is 1. The maximum absolute atomic E-state index is 13.2. The molecule has 2 saturated carbocycles. The summed E-state index contributed by atoms with van der Waals surface area (Å²) in [6.45, 7) is 1.76. The van der Waals surface area contributed by atoms with Gasteiger partial charge in [-0.05, 0) is 49.7 Å². The van der Waals surface area contributed by atoms with Crippen LogP contribution in [0.2, 0.25) is 0 Å². The van der Waals surface area contributed by atoms with E-state index in [0.717, 1.165) is 31.4 Å². The first-order valence-corrected chi connectivity index (χ1v) is 8.52. The molecule has 4 nitrogen and oxygen atoms in total. The number of carbonyl (C=O) groups excluding carboxylic acids is 1. The number of benzene rings is 1. The summed E-state index contributed by atoms with van der Waals surface area (Å²) in [5, 5.41) is 11.0. The first-order chi connectivity index (χ1) is 11.8. The van der Waals surface area contributed by atoms with Crippen molar-refractivity contribution in [3.8, 4) is 5.75 Å². The fraction of sp³-hybridized carbons (Fsp3) is 0.611. The van der Waals surface area contributed by atoms with Crippen LogP contribution in [0.4, 0.5) is 13.2 Å². The second-order valence-electron chi connectivity index (χ2n) is 6.80. The number of carboxylic acid groups (broad SMARTS) is 1. The molecule has 0 spiro atoms. The molecule has 0 radical (unpaired) electrons. The molecule has 1 aromatic carbocycles. The highest BCUT2D eigenvalue weighted by atomic mass is 19.4. The molecule has 25 heavy (non-hydrogen) atoms. The molecule has 0 saturated heterocycles. The maximum Gasteiger partial charge on any atom is 0.419 e. The van der Waals surface area contributed by atoms with Crippen molar-refractivity contribution in [1.29, 1.82) is 0 Å². The Morgan fingerprint density at radius 3 is 2.60 bits per heavy atom. The molecule has 0 aliphatic heterocycles. The third kappa shape index (κ3) is 3.92. The molecule has 0 aromatic heterocycles. The molecule has 0 heterocycles. The molecule has 2 aliphatic carbocycles. The van der Waals surface area contributed by atoms with Gasteiger partial charge < -0.3 is 19.4 Å². The van der Waals surface area contributed by atoms with Crippen LogP contribution in [0.25, 0.3) is 0 Å². The second-order valence-corrected chi connectivity index (χ2v) is 6.80. The normalized spacial score (nSPS) is 26.6. The molecule has 1 aromatic rings. The largest absolute Gasteiger partial charge is 0.545 e. The highest BCUT2D eigenvalue weighted by molar-refractivity contribution is 5.86. The van der Waals surface area contributed by atoms with Gasteiger partial charge in [0.15, 0.2) is 6.29 Å². The van der Waals surface area contributed by atoms with Gasteiger partial charge in [-0.1, -0.05) is 13.0 Å². The van der Waals surface area contributed by atoms with Crippen LogP contribution in [0.3, 0.4) is 0 Å². The number of ether oxygens (including phenoxy) is 2. The highest BCUT2D eigenvalue weighted by Crippen LogP contribution is 2.46. The summed E-state index contributed by atoms with van der Waals surface area (Å²) in [7, 11) is 0. The number of hydrogen-bond donors (Lipinski definition) is 0. The summed E-state index contributed by atoms with van der Waals surface area (Å²) in [4.78, 5) is 11.0. The standard InChI is InChI=1S/C18H21F3O4/c1-2-16(24-14-8-10-3-4-11(14)7-10)25-15-9-12(17(22)23)5-6-13(15)18(19,20)21/h5-6,9-11,14,16H,2-4,7-8H2,1H3,(H,22,23)/p-1. The average Bonchev–Trinajstić information content (AvgIpc) is 3.15. The van der Waals surface area contributed by atoms with Gasteiger partial charge in [0.05, 0.1) is 17.6 Å². The van der Waals surface area contributed by atoms with E-state index in [1.807, 2.05) is 0 Å². The van der Waals surface area contributed by atoms with Crippen molar-refractivity contribution in [3.63, 3.8) is 0 Å². The Hall–Kier alpha value is -1.76. The van der Waals surface area contributed by atoms with E-state index in [0.29, 0.717) is 24.3 Å². The third-order valence-corrected chi connectivity index (χ3v) is 5.11. The number of aromatic carboxylic acids is 1. The third-order valence-electron chi connectivity index (χ3n) is 5.11. The van der Waals surface area contributed by atoms with E-state index in [2.05, 4.69) is 0 Å². The van der Waals surface area contributed by atoms with E-state index < -0.39 is 29.7 Å². The van der Waals surface area contributed by atoms with Gasteiger partial charge in [0.1, 0.15) is 5.75 Å². The SMILES string of the molecule is CCC(Oc1cc(C(=O)[O-])ccc1C(F)(F)F)OC1CC2CCC1C2. The topological polar surface area (TPSA) is 58.6 Å². The number of hydrogen-bond acceptors (Lipinski definition) is 4. The Kier molecular flexibility index (Phi) is 4.95. The molecule has 138 valence electrons. The van der Waals surface area contributed by atoms with Gasteiger partial charge in [-0.2, -0.15) is 13.2 Å². The first kappa shape index (κ1) is 18.0. The van der Waals surface area contributed by atoms with E-state index in [-0.39, 0.29) is 11.7 Å². The van der Waals surface area contributed by atoms with Crippen molar-refractivity contribution in [2.24, 2.45) is 11.8 Å². The van der Waals surface area contributed by atoms with Gasteiger partial charge in [-0.25, -0.2) is 0 Å². The highest BCUT2D eigenvalue weighted by Gasteiger charge is 2.41. The molecule has 0 amide bonds. The predicted molar refractivity (Wildman–Crippen MR) is 80.8 cm³/mol. The minimum Gasteiger partial charge on any atom is -0.545 e. The number of fused-ring (bicyclic) bond motifs is 2. The number of rotatable bonds is 6. The summed E-state index contributed by atoms with van der Waals surface area (Å²) in [5.74, 6) is -1.01. The van der Waals surface area contributed by atoms with Crippen LogP contribution in [-0.4, -0.2) is 18.4 Å². The van der Waals surface area contributed by atoms with E-state index >= 15 is 0 Å². The molecule has 2 aliphatic rings. The fourth-order valence-corrected chi connectivity index (χ4v) is 3.88. The zero-order chi connectivity index (χ0) is 18.2. The van der Waals surface area contributed by atoms with Crippen LogP contribution < -0.4 is 9.84 Å². The van der Waals surface area contributed by atoms with Crippen LogP contribution >= 0.6 is 0 Å². The number of halogens is 3. The van der Waals surface area contributed by atoms with Crippen LogP contribution in [0.5, 0.6) is 5.75 Å². The fourth-order valence-electron chi connectivity index (χ4n) is 3.88. The summed E-state index contributed by atoms with van der Waals surface area (Å²) in [6.07, 6.45) is -0.839. The van der Waals surface area contributed by atoms with Crippen molar-refractivity contribution in [1.82, 2.24) is 0 Å². The van der Waals surface area contributed by atoms with Gasteiger partial charge in [0.25, 0.3) is 0 Å². The lowest BCUT2D eigenvalue weighted by Crippen LogP contribution is -2.31. The summed E-state index contributed by atoms with van der Waals surface area (Å²) in [5.41, 5.74) is -1.38. The monoisotopic (exact) mass is 357 g/mol. The van der Waals surface area contributed by atoms with Gasteiger partial charge in [0.2, 0.25) is 0 Å². The zero-order valence-corrected chi connectivity index (χ0v) is 13.8. The molecular weight excluding hydrogens is 337 g/mol. The first-order valence-electron chi connectivity index (χ1n) is 8.52. The zero-order valence-electron chi connectivity index (χ0n) is 13.8. The molecule has 2 fully saturated rings. The Labute approximate surface area is 143 Å². The summed E-state index contributed by atoms with van der Waals surface area (Å²) in [6, 6.07) is 2.42. The van der Waals surface area contributed by atoms with Gasteiger partial charge in [0, 0.05) is 12.0 Å².